The summed E-state index contributed by atoms with van der Waals surface area (Å²) in [6, 6.07) is 12.9. The van der Waals surface area contributed by atoms with Crippen molar-refractivity contribution in [1.82, 2.24) is 9.47 Å². The summed E-state index contributed by atoms with van der Waals surface area (Å²) in [5.41, 5.74) is 4.84. The lowest BCUT2D eigenvalue weighted by Gasteiger charge is -2.38. The standard InChI is InChI=1S/C27H35N3O2/c1-5-22-9-6-19(2)29(22)16-26(31)25-14-24(12-13-27(4)17-32-18-27)30(20(25)3)23-10-7-21(15-28)8-11-23/h7-8,10-11,14,19,22H,5-6,9,12-13,16-18H2,1-4H3. The Morgan fingerprint density at radius 1 is 1.25 bits per heavy atom. The third-order valence-electron chi connectivity index (χ3n) is 7.51. The summed E-state index contributed by atoms with van der Waals surface area (Å²) < 4.78 is 7.65. The highest BCUT2D eigenvalue weighted by atomic mass is 16.5. The van der Waals surface area contributed by atoms with E-state index in [9.17, 15) is 10.1 Å². The van der Waals surface area contributed by atoms with Gasteiger partial charge < -0.3 is 9.30 Å². The minimum atomic E-state index is 0.210. The summed E-state index contributed by atoms with van der Waals surface area (Å²) in [5, 5.41) is 9.17. The molecule has 2 aromatic rings. The normalized spacial score (nSPS) is 22.5. The van der Waals surface area contributed by atoms with Crippen molar-refractivity contribution in [2.45, 2.75) is 71.9 Å². The Balaban J connectivity index is 1.64. The van der Waals surface area contributed by atoms with Crippen LogP contribution in [0.4, 0.5) is 0 Å². The Labute approximate surface area is 192 Å². The number of ketones is 1. The number of hydrogen-bond donors (Lipinski definition) is 0. The molecule has 0 saturated carbocycles. The molecule has 2 atom stereocenters. The highest BCUT2D eigenvalue weighted by Crippen LogP contribution is 2.34. The molecule has 0 amide bonds. The second-order valence-corrected chi connectivity index (χ2v) is 10.0. The molecular weight excluding hydrogens is 398 g/mol. The molecule has 1 aromatic heterocycles. The zero-order chi connectivity index (χ0) is 22.9. The summed E-state index contributed by atoms with van der Waals surface area (Å²) in [6.45, 7) is 10.9. The number of likely N-dealkylation sites (tertiary alicyclic amines) is 1. The Kier molecular flexibility index (Phi) is 6.55. The minimum Gasteiger partial charge on any atom is -0.380 e. The zero-order valence-electron chi connectivity index (χ0n) is 19.9. The first-order chi connectivity index (χ1) is 15.3. The second-order valence-electron chi connectivity index (χ2n) is 10.0. The van der Waals surface area contributed by atoms with E-state index in [1.165, 1.54) is 12.8 Å². The van der Waals surface area contributed by atoms with E-state index in [0.29, 0.717) is 24.2 Å². The van der Waals surface area contributed by atoms with Gasteiger partial charge in [0.1, 0.15) is 0 Å². The van der Waals surface area contributed by atoms with E-state index in [4.69, 9.17) is 4.74 Å². The number of aromatic nitrogens is 1. The van der Waals surface area contributed by atoms with E-state index in [-0.39, 0.29) is 11.2 Å². The van der Waals surface area contributed by atoms with E-state index < -0.39 is 0 Å². The SMILES string of the molecule is CCC1CCC(C)N1CC(=O)c1cc(CCC2(C)COC2)n(-c2ccc(C#N)cc2)c1C. The molecule has 2 unspecified atom stereocenters. The fourth-order valence-corrected chi connectivity index (χ4v) is 5.31. The Morgan fingerprint density at radius 3 is 2.56 bits per heavy atom. The average Bonchev–Trinajstić information content (AvgIpc) is 3.30. The van der Waals surface area contributed by atoms with Crippen LogP contribution in [-0.2, 0) is 11.2 Å². The number of carbonyl (C=O) groups excluding carboxylic acids is 1. The van der Waals surface area contributed by atoms with Crippen LogP contribution >= 0.6 is 0 Å². The lowest BCUT2D eigenvalue weighted by molar-refractivity contribution is -0.105. The van der Waals surface area contributed by atoms with Crippen LogP contribution in [0.15, 0.2) is 30.3 Å². The number of nitriles is 1. The van der Waals surface area contributed by atoms with Crippen LogP contribution in [0.3, 0.4) is 0 Å². The van der Waals surface area contributed by atoms with Crippen molar-refractivity contribution in [3.05, 3.63) is 52.8 Å². The van der Waals surface area contributed by atoms with Crippen molar-refractivity contribution in [1.29, 1.82) is 5.26 Å². The van der Waals surface area contributed by atoms with Gasteiger partial charge in [0.25, 0.3) is 0 Å². The molecule has 1 aromatic carbocycles. The summed E-state index contributed by atoms with van der Waals surface area (Å²) >= 11 is 0. The number of nitrogens with zero attached hydrogens (tertiary/aromatic N) is 3. The summed E-state index contributed by atoms with van der Waals surface area (Å²) in [5.74, 6) is 0.210. The van der Waals surface area contributed by atoms with E-state index >= 15 is 0 Å². The van der Waals surface area contributed by atoms with E-state index in [0.717, 1.165) is 55.1 Å². The molecule has 0 aliphatic carbocycles. The number of rotatable bonds is 8. The van der Waals surface area contributed by atoms with Gasteiger partial charge in [0.15, 0.2) is 5.78 Å². The van der Waals surface area contributed by atoms with Gasteiger partial charge in [-0.1, -0.05) is 13.8 Å². The highest BCUT2D eigenvalue weighted by molar-refractivity contribution is 5.99. The molecule has 2 fully saturated rings. The van der Waals surface area contributed by atoms with Gasteiger partial charge in [-0.2, -0.15) is 5.26 Å². The van der Waals surface area contributed by atoms with E-state index in [1.807, 2.05) is 31.2 Å². The van der Waals surface area contributed by atoms with Crippen LogP contribution in [0.2, 0.25) is 0 Å². The number of carbonyl (C=O) groups is 1. The predicted molar refractivity (Wildman–Crippen MR) is 126 cm³/mol. The molecule has 32 heavy (non-hydrogen) atoms. The molecule has 5 nitrogen and oxygen atoms in total. The molecule has 2 aliphatic rings. The lowest BCUT2D eigenvalue weighted by atomic mass is 9.83. The molecule has 2 aliphatic heterocycles. The van der Waals surface area contributed by atoms with E-state index in [2.05, 4.69) is 42.4 Å². The molecule has 170 valence electrons. The highest BCUT2D eigenvalue weighted by Gasteiger charge is 2.34. The second kappa shape index (κ2) is 9.21. The summed E-state index contributed by atoms with van der Waals surface area (Å²) in [7, 11) is 0. The van der Waals surface area contributed by atoms with Gasteiger partial charge in [0.05, 0.1) is 31.4 Å². The van der Waals surface area contributed by atoms with Crippen LogP contribution < -0.4 is 0 Å². The number of ether oxygens (including phenoxy) is 1. The van der Waals surface area contributed by atoms with E-state index in [1.54, 1.807) is 0 Å². The van der Waals surface area contributed by atoms with Gasteiger partial charge in [-0.05, 0) is 76.3 Å². The first-order valence-corrected chi connectivity index (χ1v) is 11.9. The van der Waals surface area contributed by atoms with Crippen molar-refractivity contribution in [2.75, 3.05) is 19.8 Å². The number of aryl methyl sites for hydroxylation is 1. The van der Waals surface area contributed by atoms with Gasteiger partial charge in [-0.3, -0.25) is 9.69 Å². The van der Waals surface area contributed by atoms with Crippen molar-refractivity contribution in [3.8, 4) is 11.8 Å². The van der Waals surface area contributed by atoms with Crippen LogP contribution in [0.25, 0.3) is 5.69 Å². The van der Waals surface area contributed by atoms with Crippen molar-refractivity contribution in [3.63, 3.8) is 0 Å². The maximum Gasteiger partial charge on any atom is 0.178 e. The van der Waals surface area contributed by atoms with Gasteiger partial charge in [0.2, 0.25) is 0 Å². The Morgan fingerprint density at radius 2 is 1.97 bits per heavy atom. The topological polar surface area (TPSA) is 58.3 Å². The van der Waals surface area contributed by atoms with Gasteiger partial charge in [0, 0.05) is 40.1 Å². The first-order valence-electron chi connectivity index (χ1n) is 11.9. The Bertz CT molecular complexity index is 1010. The van der Waals surface area contributed by atoms with Crippen LogP contribution in [-0.4, -0.2) is 47.1 Å². The largest absolute Gasteiger partial charge is 0.380 e. The third kappa shape index (κ3) is 4.40. The van der Waals surface area contributed by atoms with Crippen LogP contribution in [0.5, 0.6) is 0 Å². The van der Waals surface area contributed by atoms with Gasteiger partial charge >= 0.3 is 0 Å². The van der Waals surface area contributed by atoms with Crippen LogP contribution in [0.1, 0.15) is 73.8 Å². The number of benzene rings is 1. The van der Waals surface area contributed by atoms with Crippen LogP contribution in [0, 0.1) is 23.7 Å². The van der Waals surface area contributed by atoms with Crippen molar-refractivity contribution in [2.24, 2.45) is 5.41 Å². The fraction of sp³-hybridized carbons (Fsp3) is 0.556. The third-order valence-corrected chi connectivity index (χ3v) is 7.51. The summed E-state index contributed by atoms with van der Waals surface area (Å²) in [6.07, 6.45) is 5.37. The maximum atomic E-state index is 13.5. The lowest BCUT2D eigenvalue weighted by Crippen LogP contribution is -2.40. The molecule has 3 heterocycles. The fourth-order valence-electron chi connectivity index (χ4n) is 5.31. The monoisotopic (exact) mass is 433 g/mol. The van der Waals surface area contributed by atoms with Gasteiger partial charge in [-0.25, -0.2) is 0 Å². The predicted octanol–water partition coefficient (Wildman–Crippen LogP) is 5.07. The first kappa shape index (κ1) is 22.8. The molecule has 0 bridgehead atoms. The summed E-state index contributed by atoms with van der Waals surface area (Å²) in [4.78, 5) is 15.9. The molecular formula is C27H35N3O2. The molecule has 4 rings (SSSR count). The number of hydrogen-bond acceptors (Lipinski definition) is 4. The molecule has 0 radical (unpaired) electrons. The number of Topliss-reactive ketones (excluding diaryl/α,β-unsaturated/α-hetero) is 1. The quantitative estimate of drug-likeness (QED) is 0.545. The van der Waals surface area contributed by atoms with Crippen molar-refractivity contribution < 1.29 is 9.53 Å². The zero-order valence-corrected chi connectivity index (χ0v) is 19.9. The average molecular weight is 434 g/mol. The smallest absolute Gasteiger partial charge is 0.178 e. The minimum absolute atomic E-state index is 0.210. The molecule has 5 heteroatoms. The Hall–Kier alpha value is -2.42. The maximum absolute atomic E-state index is 13.5. The molecule has 2 saturated heterocycles. The van der Waals surface area contributed by atoms with Gasteiger partial charge in [-0.15, -0.1) is 0 Å². The molecule has 0 N–H and O–H groups in total. The molecule has 0 spiro atoms. The van der Waals surface area contributed by atoms with Crippen molar-refractivity contribution >= 4 is 5.78 Å².